The fourth-order valence-electron chi connectivity index (χ4n) is 5.47. The molecule has 2 heterocycles. The molecule has 0 bridgehead atoms. The van der Waals surface area contributed by atoms with Crippen molar-refractivity contribution >= 4 is 17.6 Å². The number of benzene rings is 2. The Morgan fingerprint density at radius 2 is 1.66 bits per heavy atom. The number of rotatable bonds is 9. The zero-order valence-corrected chi connectivity index (χ0v) is 25.4. The first-order valence-electron chi connectivity index (χ1n) is 14.1. The third-order valence-electron chi connectivity index (χ3n) is 7.86. The Hall–Kier alpha value is -4.47. The Morgan fingerprint density at radius 1 is 1.04 bits per heavy atom. The van der Waals surface area contributed by atoms with Gasteiger partial charge in [0.25, 0.3) is 11.5 Å². The summed E-state index contributed by atoms with van der Waals surface area (Å²) in [6, 6.07) is 0.194. The number of anilines is 1. The van der Waals surface area contributed by atoms with Crippen molar-refractivity contribution in [1.29, 1.82) is 0 Å². The lowest BCUT2D eigenvalue weighted by atomic mass is 9.89. The van der Waals surface area contributed by atoms with Crippen molar-refractivity contribution < 1.29 is 54.2 Å². The van der Waals surface area contributed by atoms with Gasteiger partial charge in [0.2, 0.25) is 0 Å². The molecule has 0 spiro atoms. The second-order valence-corrected chi connectivity index (χ2v) is 10.9. The number of halogens is 8. The number of carbonyl (C=O) groups is 2. The van der Waals surface area contributed by atoms with Crippen LogP contribution in [0.3, 0.4) is 0 Å². The summed E-state index contributed by atoms with van der Waals surface area (Å²) in [5.41, 5.74) is -2.58. The molecule has 0 saturated heterocycles. The highest BCUT2D eigenvalue weighted by Crippen LogP contribution is 2.38. The van der Waals surface area contributed by atoms with E-state index in [4.69, 9.17) is 9.47 Å². The molecule has 4 rings (SSSR count). The average Bonchev–Trinajstić information content (AvgIpc) is 3.47. The lowest BCUT2D eigenvalue weighted by Crippen LogP contribution is -2.43. The molecule has 3 aromatic rings. The Labute approximate surface area is 262 Å². The summed E-state index contributed by atoms with van der Waals surface area (Å²) in [5, 5.41) is 4.16. The molecule has 47 heavy (non-hydrogen) atoms. The number of amides is 1. The van der Waals surface area contributed by atoms with Crippen molar-refractivity contribution in [3.63, 3.8) is 0 Å². The second-order valence-electron chi connectivity index (χ2n) is 10.9. The molecule has 0 fully saturated rings. The van der Waals surface area contributed by atoms with Gasteiger partial charge in [0.05, 0.1) is 31.5 Å². The van der Waals surface area contributed by atoms with Crippen LogP contribution in [0.15, 0.2) is 35.3 Å². The number of hydrogen-bond acceptors (Lipinski definition) is 6. The summed E-state index contributed by atoms with van der Waals surface area (Å²) in [5.74, 6) is -5.42. The molecular formula is C31H29F8N3O5. The number of ether oxygens (including phenoxy) is 2. The predicted octanol–water partition coefficient (Wildman–Crippen LogP) is 5.95. The van der Waals surface area contributed by atoms with Crippen LogP contribution in [-0.4, -0.2) is 41.8 Å². The van der Waals surface area contributed by atoms with Crippen molar-refractivity contribution in [3.8, 4) is 11.1 Å². The SMILES string of the molecule is CC[C@@H](Nc1cc(F)c(C(=O)N[C@@H](Cc2ccc(-c3c(C)c(C(F)(F)F)cn(C)c3=O)c3c2COC3)C(=O)OC)c(F)c1)C(F)(F)F. The van der Waals surface area contributed by atoms with Gasteiger partial charge in [0.15, 0.2) is 0 Å². The van der Waals surface area contributed by atoms with Gasteiger partial charge in [-0.15, -0.1) is 0 Å². The molecule has 2 aromatic carbocycles. The standard InChI is InChI=1S/C31H29F8N3O5/c1-5-24(31(37,38)39)40-16-9-21(32)26(22(33)10-16)27(43)41-23(29(45)46-4)8-15-6-7-17(19-13-47-12-18(15)19)25-14(2)20(30(34,35)36)11-42(3)28(25)44/h6-7,9-11,23-24,40H,5,8,12-13H2,1-4H3,(H,41,43)/t23-,24+/m0/s1. The zero-order valence-electron chi connectivity index (χ0n) is 25.4. The Kier molecular flexibility index (Phi) is 10.0. The van der Waals surface area contributed by atoms with Gasteiger partial charge in [0, 0.05) is 25.4 Å². The first kappa shape index (κ1) is 35.4. The maximum Gasteiger partial charge on any atom is 0.418 e. The minimum Gasteiger partial charge on any atom is -0.467 e. The Morgan fingerprint density at radius 3 is 2.21 bits per heavy atom. The van der Waals surface area contributed by atoms with Crippen LogP contribution in [0, 0.1) is 18.6 Å². The minimum absolute atomic E-state index is 0.0624. The highest BCUT2D eigenvalue weighted by molar-refractivity contribution is 5.97. The van der Waals surface area contributed by atoms with Crippen LogP contribution in [0.2, 0.25) is 0 Å². The summed E-state index contributed by atoms with van der Waals surface area (Å²) in [4.78, 5) is 38.7. The van der Waals surface area contributed by atoms with Crippen LogP contribution < -0.4 is 16.2 Å². The second kappa shape index (κ2) is 13.3. The number of carbonyl (C=O) groups excluding carboxylic acids is 2. The van der Waals surface area contributed by atoms with Crippen LogP contribution in [0.1, 0.15) is 51.5 Å². The Bertz CT molecular complexity index is 1740. The van der Waals surface area contributed by atoms with Gasteiger partial charge in [-0.3, -0.25) is 9.59 Å². The molecule has 1 aliphatic heterocycles. The van der Waals surface area contributed by atoms with E-state index < -0.39 is 76.7 Å². The summed E-state index contributed by atoms with van der Waals surface area (Å²) in [7, 11) is 2.19. The number of nitrogens with zero attached hydrogens (tertiary/aromatic N) is 1. The molecule has 1 aromatic heterocycles. The maximum atomic E-state index is 14.9. The smallest absolute Gasteiger partial charge is 0.418 e. The molecule has 0 unspecified atom stereocenters. The number of aryl methyl sites for hydroxylation is 1. The number of alkyl halides is 6. The van der Waals surface area contributed by atoms with Gasteiger partial charge in [0.1, 0.15) is 29.3 Å². The fourth-order valence-corrected chi connectivity index (χ4v) is 5.47. The molecule has 2 N–H and O–H groups in total. The molecule has 0 aliphatic carbocycles. The van der Waals surface area contributed by atoms with Crippen LogP contribution in [-0.2, 0) is 47.1 Å². The monoisotopic (exact) mass is 675 g/mol. The molecule has 1 amide bonds. The zero-order chi connectivity index (χ0) is 35.0. The number of methoxy groups -OCH3 is 1. The van der Waals surface area contributed by atoms with Gasteiger partial charge in [-0.1, -0.05) is 19.1 Å². The predicted molar refractivity (Wildman–Crippen MR) is 152 cm³/mol. The minimum atomic E-state index is -4.74. The van der Waals surface area contributed by atoms with Crippen LogP contribution in [0.5, 0.6) is 0 Å². The third kappa shape index (κ3) is 7.26. The summed E-state index contributed by atoms with van der Waals surface area (Å²) >= 11 is 0. The van der Waals surface area contributed by atoms with Gasteiger partial charge < -0.3 is 24.7 Å². The number of pyridine rings is 1. The summed E-state index contributed by atoms with van der Waals surface area (Å²) < 4.78 is 122. The van der Waals surface area contributed by atoms with E-state index in [1.165, 1.54) is 33.0 Å². The molecule has 16 heteroatoms. The lowest BCUT2D eigenvalue weighted by molar-refractivity contribution is -0.143. The molecule has 0 radical (unpaired) electrons. The van der Waals surface area contributed by atoms with E-state index in [0.29, 0.717) is 35.0 Å². The van der Waals surface area contributed by atoms with E-state index in [-0.39, 0.29) is 36.3 Å². The van der Waals surface area contributed by atoms with Gasteiger partial charge >= 0.3 is 18.3 Å². The van der Waals surface area contributed by atoms with Crippen LogP contribution in [0.4, 0.5) is 40.8 Å². The Balaban J connectivity index is 1.67. The number of esters is 1. The normalized spacial score (nSPS) is 14.4. The number of hydrogen-bond donors (Lipinski definition) is 2. The number of aromatic nitrogens is 1. The van der Waals surface area contributed by atoms with Gasteiger partial charge in [-0.2, -0.15) is 26.3 Å². The maximum absolute atomic E-state index is 14.9. The summed E-state index contributed by atoms with van der Waals surface area (Å²) in [6.07, 6.45) is -9.52. The summed E-state index contributed by atoms with van der Waals surface area (Å²) in [6.45, 7) is 2.25. The molecule has 8 nitrogen and oxygen atoms in total. The van der Waals surface area contributed by atoms with E-state index >= 15 is 0 Å². The fraction of sp³-hybridized carbons (Fsp3) is 0.387. The van der Waals surface area contributed by atoms with E-state index in [0.717, 1.165) is 11.7 Å². The van der Waals surface area contributed by atoms with Crippen LogP contribution in [0.25, 0.3) is 11.1 Å². The van der Waals surface area contributed by atoms with Crippen LogP contribution >= 0.6 is 0 Å². The van der Waals surface area contributed by atoms with Crippen molar-refractivity contribution in [2.24, 2.45) is 7.05 Å². The van der Waals surface area contributed by atoms with Crippen molar-refractivity contribution in [3.05, 3.63) is 85.8 Å². The molecule has 1 aliphatic rings. The highest BCUT2D eigenvalue weighted by atomic mass is 19.4. The lowest BCUT2D eigenvalue weighted by Gasteiger charge is -2.22. The number of nitrogens with one attached hydrogen (secondary N) is 2. The van der Waals surface area contributed by atoms with Crippen molar-refractivity contribution in [2.45, 2.75) is 64.3 Å². The molecule has 0 saturated carbocycles. The van der Waals surface area contributed by atoms with Crippen molar-refractivity contribution in [1.82, 2.24) is 9.88 Å². The third-order valence-corrected chi connectivity index (χ3v) is 7.86. The molecule has 2 atom stereocenters. The van der Waals surface area contributed by atoms with E-state index in [1.54, 1.807) is 0 Å². The first-order chi connectivity index (χ1) is 21.9. The van der Waals surface area contributed by atoms with Gasteiger partial charge in [-0.05, 0) is 53.3 Å². The number of fused-ring (bicyclic) bond motifs is 1. The van der Waals surface area contributed by atoms with Gasteiger partial charge in [-0.25, -0.2) is 13.6 Å². The highest BCUT2D eigenvalue weighted by Gasteiger charge is 2.39. The van der Waals surface area contributed by atoms with E-state index in [2.05, 4.69) is 5.32 Å². The molecule has 254 valence electrons. The van der Waals surface area contributed by atoms with Crippen molar-refractivity contribution in [2.75, 3.05) is 12.4 Å². The largest absolute Gasteiger partial charge is 0.467 e. The molecular weight excluding hydrogens is 646 g/mol. The van der Waals surface area contributed by atoms with E-state index in [1.807, 2.05) is 5.32 Å². The topological polar surface area (TPSA) is 98.7 Å². The first-order valence-corrected chi connectivity index (χ1v) is 14.1. The quantitative estimate of drug-likeness (QED) is 0.215. The average molecular weight is 676 g/mol. The van der Waals surface area contributed by atoms with E-state index in [9.17, 15) is 49.5 Å².